The van der Waals surface area contributed by atoms with Crippen molar-refractivity contribution >= 4 is 17.5 Å². The summed E-state index contributed by atoms with van der Waals surface area (Å²) in [4.78, 5) is 19.4. The van der Waals surface area contributed by atoms with Crippen molar-refractivity contribution in [3.05, 3.63) is 58.7 Å². The van der Waals surface area contributed by atoms with E-state index in [1.165, 1.54) is 24.9 Å². The number of hydrogen-bond donors (Lipinski definition) is 2. The van der Waals surface area contributed by atoms with Gasteiger partial charge >= 0.3 is 0 Å². The number of benzene rings is 2. The summed E-state index contributed by atoms with van der Waals surface area (Å²) in [5.74, 6) is 2.02. The van der Waals surface area contributed by atoms with E-state index in [4.69, 9.17) is 10.1 Å². The molecule has 7 heteroatoms. The monoisotopic (exact) mass is 444 g/mol. The highest BCUT2D eigenvalue weighted by molar-refractivity contribution is 6.00. The van der Waals surface area contributed by atoms with Crippen LogP contribution in [0.2, 0.25) is 0 Å². The molecule has 5 rings (SSSR count). The van der Waals surface area contributed by atoms with Crippen molar-refractivity contribution in [2.45, 2.75) is 52.1 Å². The molecule has 0 bridgehead atoms. The quantitative estimate of drug-likeness (QED) is 0.600. The van der Waals surface area contributed by atoms with E-state index in [2.05, 4.69) is 59.8 Å². The van der Waals surface area contributed by atoms with Crippen LogP contribution in [0.4, 0.5) is 11.6 Å². The Kier molecular flexibility index (Phi) is 5.66. The van der Waals surface area contributed by atoms with E-state index in [1.54, 1.807) is 0 Å². The average Bonchev–Trinajstić information content (AvgIpc) is 3.34. The van der Waals surface area contributed by atoms with Gasteiger partial charge in [0, 0.05) is 29.9 Å². The summed E-state index contributed by atoms with van der Waals surface area (Å²) in [5.41, 5.74) is 6.14. The fourth-order valence-electron chi connectivity index (χ4n) is 5.01. The van der Waals surface area contributed by atoms with Crippen molar-refractivity contribution in [3.63, 3.8) is 0 Å². The second-order valence-electron chi connectivity index (χ2n) is 9.37. The van der Waals surface area contributed by atoms with Crippen LogP contribution in [0.3, 0.4) is 0 Å². The van der Waals surface area contributed by atoms with Crippen molar-refractivity contribution in [3.8, 4) is 11.4 Å². The number of rotatable bonds is 5. The van der Waals surface area contributed by atoms with E-state index < -0.39 is 0 Å². The van der Waals surface area contributed by atoms with Crippen LogP contribution < -0.4 is 10.6 Å². The number of amides is 1. The Hall–Kier alpha value is -3.19. The third-order valence-electron chi connectivity index (χ3n) is 6.94. The minimum atomic E-state index is -0.00511. The molecule has 2 aliphatic heterocycles. The molecular formula is C26H32N6O. The Morgan fingerprint density at radius 3 is 2.73 bits per heavy atom. The molecular weight excluding hydrogens is 412 g/mol. The zero-order chi connectivity index (χ0) is 23.1. The van der Waals surface area contributed by atoms with Crippen LogP contribution >= 0.6 is 0 Å². The lowest BCUT2D eigenvalue weighted by Gasteiger charge is -2.30. The highest BCUT2D eigenvalue weighted by Crippen LogP contribution is 2.32. The number of fused-ring (bicyclic) bond motifs is 1. The van der Waals surface area contributed by atoms with Gasteiger partial charge in [0.05, 0.1) is 6.04 Å². The number of likely N-dealkylation sites (N-methyl/N-ethyl adjacent to an activating group) is 1. The largest absolute Gasteiger partial charge is 0.345 e. The molecule has 33 heavy (non-hydrogen) atoms. The van der Waals surface area contributed by atoms with Crippen LogP contribution in [-0.2, 0) is 6.54 Å². The number of aryl methyl sites for hydroxylation is 2. The highest BCUT2D eigenvalue weighted by Gasteiger charge is 2.26. The number of nitrogens with zero attached hydrogens (tertiary/aromatic N) is 4. The Balaban J connectivity index is 1.40. The number of aromatic nitrogens is 3. The molecule has 2 unspecified atom stereocenters. The lowest BCUT2D eigenvalue weighted by molar-refractivity contribution is 0.0958. The summed E-state index contributed by atoms with van der Waals surface area (Å²) in [7, 11) is 2.20. The SMILES string of the molecule is CCn1nc(-c2ccc(C3CCCN(C)C3)cc2)nc1Nc1cc2c(cc1C)C(=O)NC2C. The lowest BCUT2D eigenvalue weighted by atomic mass is 9.90. The van der Waals surface area contributed by atoms with E-state index >= 15 is 0 Å². The van der Waals surface area contributed by atoms with Crippen LogP contribution in [0.5, 0.6) is 0 Å². The summed E-state index contributed by atoms with van der Waals surface area (Å²) in [6.45, 7) is 9.10. The molecule has 2 atom stereocenters. The molecule has 7 nitrogen and oxygen atoms in total. The summed E-state index contributed by atoms with van der Waals surface area (Å²) in [6, 6.07) is 12.8. The van der Waals surface area contributed by atoms with Gasteiger partial charge in [0.15, 0.2) is 5.82 Å². The minimum Gasteiger partial charge on any atom is -0.345 e. The van der Waals surface area contributed by atoms with E-state index in [1.807, 2.05) is 24.6 Å². The molecule has 1 saturated heterocycles. The van der Waals surface area contributed by atoms with E-state index in [0.29, 0.717) is 18.4 Å². The Bertz CT molecular complexity index is 1180. The van der Waals surface area contributed by atoms with Crippen LogP contribution in [-0.4, -0.2) is 45.7 Å². The number of carbonyl (C=O) groups excluding carboxylic acids is 1. The number of likely N-dealkylation sites (tertiary alicyclic amines) is 1. The summed E-state index contributed by atoms with van der Waals surface area (Å²) >= 11 is 0. The molecule has 0 radical (unpaired) electrons. The fourth-order valence-corrected chi connectivity index (χ4v) is 5.01. The normalized spacial score (nSPS) is 20.5. The summed E-state index contributed by atoms with van der Waals surface area (Å²) < 4.78 is 1.89. The van der Waals surface area contributed by atoms with Crippen molar-refractivity contribution in [1.29, 1.82) is 0 Å². The number of piperidine rings is 1. The first kappa shape index (κ1) is 21.6. The Morgan fingerprint density at radius 2 is 2.00 bits per heavy atom. The van der Waals surface area contributed by atoms with Gasteiger partial charge < -0.3 is 15.5 Å². The highest BCUT2D eigenvalue weighted by atomic mass is 16.2. The van der Waals surface area contributed by atoms with Crippen LogP contribution in [0.15, 0.2) is 36.4 Å². The molecule has 3 aromatic rings. The average molecular weight is 445 g/mol. The minimum absolute atomic E-state index is 0.00511. The predicted octanol–water partition coefficient (Wildman–Crippen LogP) is 4.63. The molecule has 2 aliphatic rings. The molecule has 3 heterocycles. The zero-order valence-electron chi connectivity index (χ0n) is 19.9. The first-order valence-corrected chi connectivity index (χ1v) is 11.9. The van der Waals surface area contributed by atoms with Gasteiger partial charge in [-0.1, -0.05) is 24.3 Å². The maximum Gasteiger partial charge on any atom is 0.252 e. The molecule has 1 amide bonds. The van der Waals surface area contributed by atoms with Crippen LogP contribution in [0.25, 0.3) is 11.4 Å². The number of hydrogen-bond acceptors (Lipinski definition) is 5. The zero-order valence-corrected chi connectivity index (χ0v) is 19.9. The van der Waals surface area contributed by atoms with Gasteiger partial charge in [-0.25, -0.2) is 4.68 Å². The Morgan fingerprint density at radius 1 is 1.21 bits per heavy atom. The third kappa shape index (κ3) is 4.13. The molecule has 0 saturated carbocycles. The molecule has 0 aliphatic carbocycles. The van der Waals surface area contributed by atoms with Crippen molar-refractivity contribution < 1.29 is 4.79 Å². The van der Waals surface area contributed by atoms with Crippen molar-refractivity contribution in [2.24, 2.45) is 0 Å². The first-order valence-electron chi connectivity index (χ1n) is 11.9. The Labute approximate surface area is 195 Å². The van der Waals surface area contributed by atoms with Gasteiger partial charge in [-0.2, -0.15) is 4.98 Å². The summed E-state index contributed by atoms with van der Waals surface area (Å²) in [6.07, 6.45) is 2.51. The topological polar surface area (TPSA) is 75.1 Å². The molecule has 0 spiro atoms. The van der Waals surface area contributed by atoms with Gasteiger partial charge in [0.2, 0.25) is 5.95 Å². The first-order chi connectivity index (χ1) is 15.9. The number of carbonyl (C=O) groups is 1. The van der Waals surface area contributed by atoms with E-state index in [0.717, 1.165) is 40.3 Å². The van der Waals surface area contributed by atoms with Crippen LogP contribution in [0.1, 0.15) is 65.7 Å². The smallest absolute Gasteiger partial charge is 0.252 e. The van der Waals surface area contributed by atoms with Crippen molar-refractivity contribution in [1.82, 2.24) is 25.0 Å². The number of anilines is 2. The maximum atomic E-state index is 12.1. The molecule has 2 N–H and O–H groups in total. The predicted molar refractivity (Wildman–Crippen MR) is 131 cm³/mol. The second kappa shape index (κ2) is 8.63. The van der Waals surface area contributed by atoms with E-state index in [9.17, 15) is 4.79 Å². The fraction of sp³-hybridized carbons (Fsp3) is 0.423. The lowest BCUT2D eigenvalue weighted by Crippen LogP contribution is -2.30. The maximum absolute atomic E-state index is 12.1. The molecule has 2 aromatic carbocycles. The number of nitrogens with one attached hydrogen (secondary N) is 2. The molecule has 1 aromatic heterocycles. The third-order valence-corrected chi connectivity index (χ3v) is 6.94. The molecule has 172 valence electrons. The van der Waals surface area contributed by atoms with Crippen LogP contribution in [0, 0.1) is 6.92 Å². The van der Waals surface area contributed by atoms with Gasteiger partial charge in [0.25, 0.3) is 5.91 Å². The molecule has 1 fully saturated rings. The van der Waals surface area contributed by atoms with Gasteiger partial charge in [-0.3, -0.25) is 4.79 Å². The van der Waals surface area contributed by atoms with Gasteiger partial charge in [-0.15, -0.1) is 5.10 Å². The van der Waals surface area contributed by atoms with E-state index in [-0.39, 0.29) is 11.9 Å². The van der Waals surface area contributed by atoms with Gasteiger partial charge in [0.1, 0.15) is 0 Å². The summed E-state index contributed by atoms with van der Waals surface area (Å²) in [5, 5.41) is 11.2. The second-order valence-corrected chi connectivity index (χ2v) is 9.37. The van der Waals surface area contributed by atoms with Crippen molar-refractivity contribution in [2.75, 3.05) is 25.5 Å². The van der Waals surface area contributed by atoms with Gasteiger partial charge in [-0.05, 0) is 81.9 Å². The standard InChI is InChI=1S/C26H32N6O/c1-5-32-26(28-23-14-21-17(3)27-25(33)22(21)13-16(23)2)29-24(30-32)19-10-8-18(9-11-19)20-7-6-12-31(4)15-20/h8-11,13-14,17,20H,5-7,12,15H2,1-4H3,(H,27,33)(H,28,29,30).